The first-order valence-corrected chi connectivity index (χ1v) is 8.34. The van der Waals surface area contributed by atoms with Crippen LogP contribution in [0.3, 0.4) is 0 Å². The molecule has 1 N–H and O–H groups in total. The lowest BCUT2D eigenvalue weighted by Crippen LogP contribution is -2.21. The summed E-state index contributed by atoms with van der Waals surface area (Å²) in [7, 11) is 1.95. The van der Waals surface area contributed by atoms with Crippen LogP contribution >= 0.6 is 22.7 Å². The zero-order valence-electron chi connectivity index (χ0n) is 11.3. The van der Waals surface area contributed by atoms with Gasteiger partial charge in [0.2, 0.25) is 0 Å². The van der Waals surface area contributed by atoms with Gasteiger partial charge in [-0.3, -0.25) is 4.68 Å². The molecule has 0 saturated carbocycles. The normalized spacial score (nSPS) is 12.7. The fraction of sp³-hybridized carbons (Fsp3) is 0.267. The molecule has 3 heterocycles. The van der Waals surface area contributed by atoms with Gasteiger partial charge in [0.1, 0.15) is 0 Å². The number of hydrogen-bond donors (Lipinski definition) is 1. The molecule has 0 bridgehead atoms. The summed E-state index contributed by atoms with van der Waals surface area (Å²) in [6.45, 7) is 0.849. The van der Waals surface area contributed by atoms with Crippen molar-refractivity contribution in [1.82, 2.24) is 15.1 Å². The molecule has 5 heteroatoms. The van der Waals surface area contributed by atoms with Crippen molar-refractivity contribution in [1.29, 1.82) is 0 Å². The highest BCUT2D eigenvalue weighted by molar-refractivity contribution is 7.10. The van der Waals surface area contributed by atoms with E-state index in [1.165, 1.54) is 15.3 Å². The third kappa shape index (κ3) is 3.36. The van der Waals surface area contributed by atoms with E-state index in [-0.39, 0.29) is 0 Å². The third-order valence-corrected chi connectivity index (χ3v) is 5.07. The average molecular weight is 303 g/mol. The average Bonchev–Trinajstić information content (AvgIpc) is 3.17. The molecular formula is C15H17N3S2. The highest BCUT2D eigenvalue weighted by Crippen LogP contribution is 2.25. The van der Waals surface area contributed by atoms with E-state index in [1.54, 1.807) is 0 Å². The quantitative estimate of drug-likeness (QED) is 0.754. The van der Waals surface area contributed by atoms with Crippen LogP contribution in [0.4, 0.5) is 0 Å². The van der Waals surface area contributed by atoms with Crippen LogP contribution in [0.25, 0.3) is 0 Å². The fourth-order valence-corrected chi connectivity index (χ4v) is 3.75. The van der Waals surface area contributed by atoms with Crippen LogP contribution in [0.1, 0.15) is 21.4 Å². The number of hydrogen-bond acceptors (Lipinski definition) is 4. The maximum Gasteiger partial charge on any atom is 0.0534 e. The lowest BCUT2D eigenvalue weighted by atomic mass is 10.1. The van der Waals surface area contributed by atoms with Crippen LogP contribution < -0.4 is 5.32 Å². The standard InChI is InChI=1S/C15H17N3S2/c1-18-11-12(10-17-18)9-16-14(15-5-3-7-20-15)8-13-4-2-6-19-13/h2-7,10-11,14,16H,8-9H2,1H3. The Hall–Kier alpha value is -1.43. The Morgan fingerprint density at radius 2 is 2.10 bits per heavy atom. The SMILES string of the molecule is Cn1cc(CNC(Cc2cccs2)c2cccs2)cn1. The minimum atomic E-state index is 0.369. The van der Waals surface area contributed by atoms with Gasteiger partial charge in [0.15, 0.2) is 0 Å². The van der Waals surface area contributed by atoms with Crippen molar-refractivity contribution in [3.8, 4) is 0 Å². The van der Waals surface area contributed by atoms with Crippen LogP contribution in [0.15, 0.2) is 47.4 Å². The van der Waals surface area contributed by atoms with Crippen molar-refractivity contribution in [3.05, 3.63) is 62.7 Å². The summed E-state index contributed by atoms with van der Waals surface area (Å²) in [6, 6.07) is 9.02. The molecule has 0 aliphatic heterocycles. The van der Waals surface area contributed by atoms with E-state index >= 15 is 0 Å². The smallest absolute Gasteiger partial charge is 0.0534 e. The molecule has 0 aliphatic carbocycles. The molecule has 0 aliphatic rings. The molecule has 3 aromatic rings. The van der Waals surface area contributed by atoms with E-state index in [0.29, 0.717) is 6.04 Å². The summed E-state index contributed by atoms with van der Waals surface area (Å²) >= 11 is 3.64. The van der Waals surface area contributed by atoms with E-state index in [9.17, 15) is 0 Å². The van der Waals surface area contributed by atoms with E-state index in [1.807, 2.05) is 40.6 Å². The number of nitrogens with one attached hydrogen (secondary N) is 1. The minimum Gasteiger partial charge on any atom is -0.305 e. The molecule has 0 radical (unpaired) electrons. The van der Waals surface area contributed by atoms with Gasteiger partial charge < -0.3 is 5.32 Å². The molecule has 1 unspecified atom stereocenters. The summed E-state index contributed by atoms with van der Waals surface area (Å²) in [5.41, 5.74) is 1.22. The second-order valence-electron chi connectivity index (χ2n) is 4.75. The maximum atomic E-state index is 4.21. The van der Waals surface area contributed by atoms with Gasteiger partial charge in [-0.05, 0) is 22.9 Å². The molecule has 104 valence electrons. The Labute approximate surface area is 126 Å². The summed E-state index contributed by atoms with van der Waals surface area (Å²) in [6.07, 6.45) is 5.02. The van der Waals surface area contributed by atoms with Crippen molar-refractivity contribution in [2.24, 2.45) is 7.05 Å². The van der Waals surface area contributed by atoms with Gasteiger partial charge in [-0.1, -0.05) is 12.1 Å². The van der Waals surface area contributed by atoms with Gasteiger partial charge in [0, 0.05) is 47.6 Å². The number of nitrogens with zero attached hydrogens (tertiary/aromatic N) is 2. The number of aromatic nitrogens is 2. The van der Waals surface area contributed by atoms with E-state index in [2.05, 4.69) is 51.6 Å². The van der Waals surface area contributed by atoms with Crippen LogP contribution in [0.2, 0.25) is 0 Å². The summed E-state index contributed by atoms with van der Waals surface area (Å²) in [5, 5.41) is 12.2. The zero-order chi connectivity index (χ0) is 13.8. The van der Waals surface area contributed by atoms with E-state index < -0.39 is 0 Å². The monoisotopic (exact) mass is 303 g/mol. The van der Waals surface area contributed by atoms with E-state index in [4.69, 9.17) is 0 Å². The van der Waals surface area contributed by atoms with Gasteiger partial charge in [0.25, 0.3) is 0 Å². The Morgan fingerprint density at radius 1 is 1.25 bits per heavy atom. The minimum absolute atomic E-state index is 0.369. The highest BCUT2D eigenvalue weighted by Gasteiger charge is 2.13. The van der Waals surface area contributed by atoms with Gasteiger partial charge in [-0.25, -0.2) is 0 Å². The van der Waals surface area contributed by atoms with Gasteiger partial charge in [-0.2, -0.15) is 5.10 Å². The second kappa shape index (κ2) is 6.35. The fourth-order valence-electron chi connectivity index (χ4n) is 2.20. The molecule has 0 spiro atoms. The molecule has 0 fully saturated rings. The summed E-state index contributed by atoms with van der Waals surface area (Å²) in [4.78, 5) is 2.81. The molecule has 0 aromatic carbocycles. The molecule has 3 aromatic heterocycles. The van der Waals surface area contributed by atoms with Crippen LogP contribution in [-0.2, 0) is 20.0 Å². The first-order valence-electron chi connectivity index (χ1n) is 6.58. The topological polar surface area (TPSA) is 29.9 Å². The Balaban J connectivity index is 1.69. The molecule has 3 rings (SSSR count). The number of rotatable bonds is 6. The third-order valence-electron chi connectivity index (χ3n) is 3.18. The summed E-state index contributed by atoms with van der Waals surface area (Å²) < 4.78 is 1.84. The second-order valence-corrected chi connectivity index (χ2v) is 6.77. The van der Waals surface area contributed by atoms with Gasteiger partial charge in [0.05, 0.1) is 6.20 Å². The maximum absolute atomic E-state index is 4.21. The predicted octanol–water partition coefficient (Wildman–Crippen LogP) is 3.62. The number of aryl methyl sites for hydroxylation is 1. The van der Waals surface area contributed by atoms with Gasteiger partial charge in [-0.15, -0.1) is 22.7 Å². The van der Waals surface area contributed by atoms with Crippen LogP contribution in [-0.4, -0.2) is 9.78 Å². The largest absolute Gasteiger partial charge is 0.305 e. The molecule has 1 atom stereocenters. The van der Waals surface area contributed by atoms with Crippen molar-refractivity contribution in [2.45, 2.75) is 19.0 Å². The molecule has 0 amide bonds. The highest BCUT2D eigenvalue weighted by atomic mass is 32.1. The zero-order valence-corrected chi connectivity index (χ0v) is 13.0. The van der Waals surface area contributed by atoms with Crippen molar-refractivity contribution >= 4 is 22.7 Å². The Bertz CT molecular complexity index is 626. The van der Waals surface area contributed by atoms with Crippen LogP contribution in [0, 0.1) is 0 Å². The first-order chi connectivity index (χ1) is 9.81. The first kappa shape index (κ1) is 13.5. The Morgan fingerprint density at radius 3 is 2.75 bits per heavy atom. The molecule has 3 nitrogen and oxygen atoms in total. The van der Waals surface area contributed by atoms with Crippen molar-refractivity contribution in [2.75, 3.05) is 0 Å². The van der Waals surface area contributed by atoms with Crippen LogP contribution in [0.5, 0.6) is 0 Å². The van der Waals surface area contributed by atoms with Crippen molar-refractivity contribution < 1.29 is 0 Å². The molecular weight excluding hydrogens is 286 g/mol. The molecule has 20 heavy (non-hydrogen) atoms. The predicted molar refractivity (Wildman–Crippen MR) is 85.1 cm³/mol. The van der Waals surface area contributed by atoms with Gasteiger partial charge >= 0.3 is 0 Å². The number of thiophene rings is 2. The Kier molecular flexibility index (Phi) is 4.30. The summed E-state index contributed by atoms with van der Waals surface area (Å²) in [5.74, 6) is 0. The van der Waals surface area contributed by atoms with Crippen molar-refractivity contribution in [3.63, 3.8) is 0 Å². The molecule has 0 saturated heterocycles. The lowest BCUT2D eigenvalue weighted by molar-refractivity contribution is 0.541. The van der Waals surface area contributed by atoms with E-state index in [0.717, 1.165) is 13.0 Å². The lowest BCUT2D eigenvalue weighted by Gasteiger charge is -2.16.